The molecule has 0 N–H and O–H groups in total. The maximum absolute atomic E-state index is 13.2. The van der Waals surface area contributed by atoms with Crippen LogP contribution >= 0.6 is 0 Å². The maximum atomic E-state index is 13.2. The number of allylic oxidation sites excluding steroid dienone is 1. The van der Waals surface area contributed by atoms with E-state index in [4.69, 9.17) is 4.74 Å². The molecule has 3 nitrogen and oxygen atoms in total. The van der Waals surface area contributed by atoms with Crippen LogP contribution in [-0.4, -0.2) is 17.4 Å². The molecule has 1 spiro atoms. The summed E-state index contributed by atoms with van der Waals surface area (Å²) >= 11 is 0. The predicted molar refractivity (Wildman–Crippen MR) is 85.5 cm³/mol. The zero-order chi connectivity index (χ0) is 16.3. The van der Waals surface area contributed by atoms with Gasteiger partial charge in [0.2, 0.25) is 0 Å². The summed E-state index contributed by atoms with van der Waals surface area (Å²) in [5.41, 5.74) is -0.388. The van der Waals surface area contributed by atoms with E-state index in [1.165, 1.54) is 0 Å². The summed E-state index contributed by atoms with van der Waals surface area (Å²) in [7, 11) is 0. The molecule has 5 aliphatic rings. The van der Waals surface area contributed by atoms with E-state index in [1.807, 2.05) is 0 Å². The number of fused-ring (bicyclic) bond motifs is 1. The molecule has 3 heteroatoms. The second-order valence-corrected chi connectivity index (χ2v) is 9.35. The minimum atomic E-state index is -0.402. The van der Waals surface area contributed by atoms with Gasteiger partial charge in [0.05, 0.1) is 5.41 Å². The van der Waals surface area contributed by atoms with Gasteiger partial charge < -0.3 is 4.74 Å². The molecule has 0 amide bonds. The lowest BCUT2D eigenvalue weighted by atomic mass is 9.39. The number of esters is 1. The number of carbonyl (C=O) groups is 2. The van der Waals surface area contributed by atoms with E-state index in [0.717, 1.165) is 56.9 Å². The predicted octanol–water partition coefficient (Wildman–Crippen LogP) is 3.81. The van der Waals surface area contributed by atoms with Crippen LogP contribution in [0.15, 0.2) is 12.2 Å². The van der Waals surface area contributed by atoms with Crippen molar-refractivity contribution < 1.29 is 14.3 Å². The molecule has 0 aromatic rings. The topological polar surface area (TPSA) is 43.4 Å². The van der Waals surface area contributed by atoms with Crippen molar-refractivity contribution in [1.82, 2.24) is 0 Å². The molecule has 23 heavy (non-hydrogen) atoms. The molecular formula is C20H26O3. The van der Waals surface area contributed by atoms with Gasteiger partial charge in [0, 0.05) is 16.7 Å². The van der Waals surface area contributed by atoms with Crippen LogP contribution in [0.25, 0.3) is 0 Å². The number of hydrogen-bond donors (Lipinski definition) is 0. The Kier molecular flexibility index (Phi) is 2.33. The van der Waals surface area contributed by atoms with E-state index in [0.29, 0.717) is 17.6 Å². The second kappa shape index (κ2) is 3.75. The fourth-order valence-electron chi connectivity index (χ4n) is 7.64. The van der Waals surface area contributed by atoms with Gasteiger partial charge >= 0.3 is 5.97 Å². The first-order valence-corrected chi connectivity index (χ1v) is 9.28. The fourth-order valence-corrected chi connectivity index (χ4v) is 7.64. The van der Waals surface area contributed by atoms with Gasteiger partial charge in [0.15, 0.2) is 5.78 Å². The highest BCUT2D eigenvalue weighted by molar-refractivity contribution is 6.03. The molecule has 4 aliphatic carbocycles. The molecule has 5 fully saturated rings. The van der Waals surface area contributed by atoms with Gasteiger partial charge in [-0.25, -0.2) is 0 Å². The van der Waals surface area contributed by atoms with E-state index < -0.39 is 5.60 Å². The molecule has 4 bridgehead atoms. The van der Waals surface area contributed by atoms with Gasteiger partial charge in [0.1, 0.15) is 5.60 Å². The van der Waals surface area contributed by atoms with Crippen LogP contribution in [0.3, 0.4) is 0 Å². The number of ketones is 1. The van der Waals surface area contributed by atoms with Crippen molar-refractivity contribution in [3.63, 3.8) is 0 Å². The Hall–Kier alpha value is -1.12. The highest BCUT2D eigenvalue weighted by Gasteiger charge is 2.79. The maximum Gasteiger partial charge on any atom is 0.312 e. The van der Waals surface area contributed by atoms with E-state index >= 15 is 0 Å². The molecule has 0 radical (unpaired) electrons. The standard InChI is InChI=1S/C20H26O3/c1-12-13-5-9-18(3)19(11-13,15(12)21)10-6-14-17(2)7-4-8-20(14,18)23-16(17)22/h13-14H,1,4-11H2,2-3H3/t13?,14-,17-,18+,19+,20+/m1/s1. The normalized spacial score (nSPS) is 57.0. The van der Waals surface area contributed by atoms with Crippen LogP contribution in [-0.2, 0) is 14.3 Å². The zero-order valence-electron chi connectivity index (χ0n) is 14.2. The minimum Gasteiger partial charge on any atom is -0.458 e. The Bertz CT molecular complexity index is 666. The van der Waals surface area contributed by atoms with Gasteiger partial charge in [-0.1, -0.05) is 13.5 Å². The van der Waals surface area contributed by atoms with E-state index in [9.17, 15) is 9.59 Å². The van der Waals surface area contributed by atoms with Crippen LogP contribution in [0.1, 0.15) is 65.2 Å². The molecular weight excluding hydrogens is 288 g/mol. The molecule has 0 aromatic heterocycles. The van der Waals surface area contributed by atoms with Crippen molar-refractivity contribution >= 4 is 11.8 Å². The van der Waals surface area contributed by atoms with Crippen molar-refractivity contribution in [3.8, 4) is 0 Å². The average Bonchev–Trinajstić information content (AvgIpc) is 2.79. The van der Waals surface area contributed by atoms with Crippen LogP contribution in [0, 0.1) is 28.1 Å². The SMILES string of the molecule is C=C1C(=O)[C@@]23CC[C@@H]4[C@@]5(C)CCC[C@@]4(OC5=O)[C@@]2(C)CCC1C3. The molecule has 0 aromatic carbocycles. The quantitative estimate of drug-likeness (QED) is 0.504. The Morgan fingerprint density at radius 2 is 1.87 bits per heavy atom. The third-order valence-electron chi connectivity index (χ3n) is 8.97. The lowest BCUT2D eigenvalue weighted by Crippen LogP contribution is -2.66. The molecule has 1 aliphatic heterocycles. The Labute approximate surface area is 137 Å². The summed E-state index contributed by atoms with van der Waals surface area (Å²) in [5, 5.41) is 0. The zero-order valence-corrected chi connectivity index (χ0v) is 14.2. The smallest absolute Gasteiger partial charge is 0.312 e. The third kappa shape index (κ3) is 1.20. The first-order chi connectivity index (χ1) is 10.8. The second-order valence-electron chi connectivity index (χ2n) is 9.35. The van der Waals surface area contributed by atoms with Crippen molar-refractivity contribution in [2.75, 3.05) is 0 Å². The van der Waals surface area contributed by atoms with Crippen LogP contribution < -0.4 is 0 Å². The van der Waals surface area contributed by atoms with Gasteiger partial charge in [-0.2, -0.15) is 0 Å². The first-order valence-electron chi connectivity index (χ1n) is 9.28. The summed E-state index contributed by atoms with van der Waals surface area (Å²) in [6.45, 7) is 8.52. The molecule has 1 heterocycles. The van der Waals surface area contributed by atoms with Gasteiger partial charge in [-0.05, 0) is 69.8 Å². The summed E-state index contributed by atoms with van der Waals surface area (Å²) in [6, 6.07) is 0. The van der Waals surface area contributed by atoms with Crippen molar-refractivity contribution in [1.29, 1.82) is 0 Å². The number of hydrogen-bond acceptors (Lipinski definition) is 3. The lowest BCUT2D eigenvalue weighted by molar-refractivity contribution is -0.221. The molecule has 124 valence electrons. The minimum absolute atomic E-state index is 0.00432. The molecule has 6 atom stereocenters. The molecule has 1 saturated heterocycles. The molecule has 5 rings (SSSR count). The van der Waals surface area contributed by atoms with Gasteiger partial charge in [0.25, 0.3) is 0 Å². The summed E-state index contributed by atoms with van der Waals surface area (Å²) < 4.78 is 6.26. The Morgan fingerprint density at radius 1 is 1.09 bits per heavy atom. The van der Waals surface area contributed by atoms with E-state index in [1.54, 1.807) is 0 Å². The first kappa shape index (κ1) is 14.2. The molecule has 1 unspecified atom stereocenters. The Balaban J connectivity index is 1.73. The van der Waals surface area contributed by atoms with Crippen molar-refractivity contribution in [3.05, 3.63) is 12.2 Å². The highest BCUT2D eigenvalue weighted by Crippen LogP contribution is 2.76. The number of ether oxygens (including phenoxy) is 1. The fraction of sp³-hybridized carbons (Fsp3) is 0.800. The largest absolute Gasteiger partial charge is 0.458 e. The van der Waals surface area contributed by atoms with Gasteiger partial charge in [-0.3, -0.25) is 9.59 Å². The lowest BCUT2D eigenvalue weighted by Gasteiger charge is -2.63. The number of Topliss-reactive ketones (excluding diaryl/α,β-unsaturated/α-hetero) is 1. The molecule has 4 saturated carbocycles. The average molecular weight is 314 g/mol. The highest BCUT2D eigenvalue weighted by atomic mass is 16.6. The number of rotatable bonds is 0. The number of carbonyl (C=O) groups excluding carboxylic acids is 2. The third-order valence-corrected chi connectivity index (χ3v) is 8.97. The van der Waals surface area contributed by atoms with Crippen molar-refractivity contribution in [2.24, 2.45) is 28.1 Å². The van der Waals surface area contributed by atoms with Crippen LogP contribution in [0.4, 0.5) is 0 Å². The van der Waals surface area contributed by atoms with E-state index in [-0.39, 0.29) is 22.2 Å². The Morgan fingerprint density at radius 3 is 2.65 bits per heavy atom. The van der Waals surface area contributed by atoms with Crippen molar-refractivity contribution in [2.45, 2.75) is 70.8 Å². The summed E-state index contributed by atoms with van der Waals surface area (Å²) in [4.78, 5) is 26.0. The van der Waals surface area contributed by atoms with Crippen LogP contribution in [0.5, 0.6) is 0 Å². The van der Waals surface area contributed by atoms with Crippen LogP contribution in [0.2, 0.25) is 0 Å². The monoisotopic (exact) mass is 314 g/mol. The van der Waals surface area contributed by atoms with Gasteiger partial charge in [-0.15, -0.1) is 0 Å². The van der Waals surface area contributed by atoms with E-state index in [2.05, 4.69) is 20.4 Å². The summed E-state index contributed by atoms with van der Waals surface area (Å²) in [6.07, 6.45) is 7.81. The summed E-state index contributed by atoms with van der Waals surface area (Å²) in [5.74, 6) is 0.968.